The number of amides is 1. The van der Waals surface area contributed by atoms with E-state index >= 15 is 0 Å². The molecule has 0 atom stereocenters. The van der Waals surface area contributed by atoms with Gasteiger partial charge in [0.1, 0.15) is 11.3 Å². The first-order chi connectivity index (χ1) is 16.7. The maximum Gasteiger partial charge on any atom is 0.270 e. The van der Waals surface area contributed by atoms with Crippen LogP contribution < -0.4 is 15.5 Å². The SMILES string of the molecule is CCC(CC)n1c(C(=O)N2CCCC2)cc2cnc(Nc3ccc(N4CCNCC4)cc3)nc21. The van der Waals surface area contributed by atoms with Gasteiger partial charge in [-0.25, -0.2) is 4.98 Å². The van der Waals surface area contributed by atoms with Gasteiger partial charge in [-0.05, 0) is 56.0 Å². The average Bonchev–Trinajstić information content (AvgIpc) is 3.55. The third-order valence-electron chi connectivity index (χ3n) is 7.10. The van der Waals surface area contributed by atoms with Gasteiger partial charge in [0, 0.05) is 68.3 Å². The number of fused-ring (bicyclic) bond motifs is 1. The summed E-state index contributed by atoms with van der Waals surface area (Å²) in [6, 6.07) is 10.6. The van der Waals surface area contributed by atoms with Crippen LogP contribution in [0.15, 0.2) is 36.5 Å². The van der Waals surface area contributed by atoms with Gasteiger partial charge in [0.25, 0.3) is 5.91 Å². The molecule has 0 radical (unpaired) electrons. The molecular weight excluding hydrogens is 426 g/mol. The van der Waals surface area contributed by atoms with Crippen LogP contribution in [-0.2, 0) is 0 Å². The Labute approximate surface area is 201 Å². The standard InChI is InChI=1S/C26H35N7O/c1-3-21(4-2)33-23(25(34)32-13-5-6-14-32)17-19-18-28-26(30-24(19)33)29-20-7-9-22(10-8-20)31-15-11-27-12-16-31/h7-10,17-18,21,27H,3-6,11-16H2,1-2H3,(H,28,29,30). The van der Waals surface area contributed by atoms with Crippen molar-refractivity contribution in [1.82, 2.24) is 24.8 Å². The van der Waals surface area contributed by atoms with E-state index in [0.29, 0.717) is 5.95 Å². The van der Waals surface area contributed by atoms with E-state index in [4.69, 9.17) is 4.98 Å². The quantitative estimate of drug-likeness (QED) is 0.550. The smallest absolute Gasteiger partial charge is 0.270 e. The van der Waals surface area contributed by atoms with Gasteiger partial charge in [-0.2, -0.15) is 4.98 Å². The predicted octanol–water partition coefficient (Wildman–Crippen LogP) is 4.18. The number of rotatable bonds is 7. The second kappa shape index (κ2) is 10.0. The summed E-state index contributed by atoms with van der Waals surface area (Å²) >= 11 is 0. The molecule has 0 bridgehead atoms. The van der Waals surface area contributed by atoms with Crippen LogP contribution in [0.25, 0.3) is 11.0 Å². The number of carbonyl (C=O) groups excluding carboxylic acids is 1. The van der Waals surface area contributed by atoms with Crippen molar-refractivity contribution in [3.8, 4) is 0 Å². The molecule has 2 fully saturated rings. The zero-order chi connectivity index (χ0) is 23.5. The van der Waals surface area contributed by atoms with Gasteiger partial charge < -0.3 is 25.0 Å². The summed E-state index contributed by atoms with van der Waals surface area (Å²) in [7, 11) is 0. The molecule has 2 saturated heterocycles. The van der Waals surface area contributed by atoms with Crippen molar-refractivity contribution < 1.29 is 4.79 Å². The molecule has 0 aliphatic carbocycles. The molecule has 34 heavy (non-hydrogen) atoms. The molecule has 5 rings (SSSR count). The van der Waals surface area contributed by atoms with Gasteiger partial charge in [-0.15, -0.1) is 0 Å². The molecule has 0 spiro atoms. The predicted molar refractivity (Wildman–Crippen MR) is 137 cm³/mol. The number of hydrogen-bond donors (Lipinski definition) is 2. The Bertz CT molecular complexity index is 1120. The number of anilines is 3. The second-order valence-corrected chi connectivity index (χ2v) is 9.25. The van der Waals surface area contributed by atoms with Gasteiger partial charge in [-0.1, -0.05) is 13.8 Å². The van der Waals surface area contributed by atoms with E-state index in [9.17, 15) is 4.79 Å². The first kappa shape index (κ1) is 22.7. The Morgan fingerprint density at radius 2 is 1.76 bits per heavy atom. The zero-order valence-corrected chi connectivity index (χ0v) is 20.3. The number of nitrogens with one attached hydrogen (secondary N) is 2. The van der Waals surface area contributed by atoms with E-state index in [1.54, 1.807) is 0 Å². The average molecular weight is 462 g/mol. The summed E-state index contributed by atoms with van der Waals surface area (Å²) in [5, 5.41) is 7.66. The van der Waals surface area contributed by atoms with Gasteiger partial charge >= 0.3 is 0 Å². The summed E-state index contributed by atoms with van der Waals surface area (Å²) in [6.07, 6.45) is 5.89. The Kier molecular flexibility index (Phi) is 6.67. The molecule has 8 heteroatoms. The van der Waals surface area contributed by atoms with E-state index in [1.807, 2.05) is 17.2 Å². The topological polar surface area (TPSA) is 78.3 Å². The highest BCUT2D eigenvalue weighted by atomic mass is 16.2. The van der Waals surface area contributed by atoms with E-state index in [-0.39, 0.29) is 11.9 Å². The summed E-state index contributed by atoms with van der Waals surface area (Å²) in [5.41, 5.74) is 3.74. The first-order valence-electron chi connectivity index (χ1n) is 12.7. The lowest BCUT2D eigenvalue weighted by atomic mass is 10.1. The lowest BCUT2D eigenvalue weighted by Gasteiger charge is -2.29. The van der Waals surface area contributed by atoms with E-state index in [2.05, 4.69) is 63.2 Å². The highest BCUT2D eigenvalue weighted by Crippen LogP contribution is 2.29. The normalized spacial score (nSPS) is 16.6. The number of piperazine rings is 1. The van der Waals surface area contributed by atoms with Crippen LogP contribution in [0.1, 0.15) is 56.1 Å². The van der Waals surface area contributed by atoms with Crippen molar-refractivity contribution in [2.24, 2.45) is 0 Å². The molecule has 2 aromatic heterocycles. The maximum atomic E-state index is 13.3. The second-order valence-electron chi connectivity index (χ2n) is 9.25. The summed E-state index contributed by atoms with van der Waals surface area (Å²) in [4.78, 5) is 27.1. The zero-order valence-electron chi connectivity index (χ0n) is 20.3. The molecule has 2 N–H and O–H groups in total. The fourth-order valence-corrected chi connectivity index (χ4v) is 5.15. The minimum atomic E-state index is 0.111. The van der Waals surface area contributed by atoms with Gasteiger partial charge in [0.15, 0.2) is 0 Å². The molecule has 3 aromatic rings. The van der Waals surface area contributed by atoms with Crippen LogP contribution in [0, 0.1) is 0 Å². The molecule has 2 aliphatic rings. The third kappa shape index (κ3) is 4.46. The molecule has 0 unspecified atom stereocenters. The minimum absolute atomic E-state index is 0.111. The highest BCUT2D eigenvalue weighted by molar-refractivity contribution is 5.98. The number of benzene rings is 1. The molecule has 1 aromatic carbocycles. The summed E-state index contributed by atoms with van der Waals surface area (Å²) in [6.45, 7) is 10.1. The first-order valence-corrected chi connectivity index (χ1v) is 12.7. The van der Waals surface area contributed by atoms with Gasteiger partial charge in [0.05, 0.1) is 0 Å². The molecule has 0 saturated carbocycles. The van der Waals surface area contributed by atoms with Crippen molar-refractivity contribution >= 4 is 34.3 Å². The van der Waals surface area contributed by atoms with Gasteiger partial charge in [-0.3, -0.25) is 4.79 Å². The Morgan fingerprint density at radius 3 is 2.44 bits per heavy atom. The molecule has 2 aliphatic heterocycles. The third-order valence-corrected chi connectivity index (χ3v) is 7.10. The van der Waals surface area contributed by atoms with Crippen LogP contribution in [0.3, 0.4) is 0 Å². The Balaban J connectivity index is 1.43. The van der Waals surface area contributed by atoms with Crippen molar-refractivity contribution in [2.75, 3.05) is 49.5 Å². The maximum absolute atomic E-state index is 13.3. The van der Waals surface area contributed by atoms with Crippen LogP contribution in [0.4, 0.5) is 17.3 Å². The number of nitrogens with zero attached hydrogens (tertiary/aromatic N) is 5. The number of hydrogen-bond acceptors (Lipinski definition) is 6. The molecule has 1 amide bonds. The Hall–Kier alpha value is -3.13. The lowest BCUT2D eigenvalue weighted by molar-refractivity contribution is 0.0780. The lowest BCUT2D eigenvalue weighted by Crippen LogP contribution is -2.43. The largest absolute Gasteiger partial charge is 0.369 e. The molecule has 180 valence electrons. The van der Waals surface area contributed by atoms with E-state index in [1.165, 1.54) is 5.69 Å². The fraction of sp³-hybridized carbons (Fsp3) is 0.500. The number of aromatic nitrogens is 3. The van der Waals surface area contributed by atoms with E-state index in [0.717, 1.165) is 87.4 Å². The molecular formula is C26H35N7O. The fourth-order valence-electron chi connectivity index (χ4n) is 5.15. The Morgan fingerprint density at radius 1 is 1.06 bits per heavy atom. The number of carbonyl (C=O) groups is 1. The monoisotopic (exact) mass is 461 g/mol. The molecule has 4 heterocycles. The van der Waals surface area contributed by atoms with Crippen LogP contribution in [-0.4, -0.2) is 64.6 Å². The van der Waals surface area contributed by atoms with Crippen molar-refractivity contribution in [3.05, 3.63) is 42.2 Å². The number of likely N-dealkylation sites (tertiary alicyclic amines) is 1. The molecule has 8 nitrogen and oxygen atoms in total. The van der Waals surface area contributed by atoms with Crippen molar-refractivity contribution in [1.29, 1.82) is 0 Å². The van der Waals surface area contributed by atoms with E-state index < -0.39 is 0 Å². The summed E-state index contributed by atoms with van der Waals surface area (Å²) < 4.78 is 2.15. The van der Waals surface area contributed by atoms with Crippen LogP contribution in [0.2, 0.25) is 0 Å². The van der Waals surface area contributed by atoms with Crippen molar-refractivity contribution in [3.63, 3.8) is 0 Å². The van der Waals surface area contributed by atoms with Crippen LogP contribution in [0.5, 0.6) is 0 Å². The summed E-state index contributed by atoms with van der Waals surface area (Å²) in [5.74, 6) is 0.660. The minimum Gasteiger partial charge on any atom is -0.369 e. The van der Waals surface area contributed by atoms with Crippen molar-refractivity contribution in [2.45, 2.75) is 45.6 Å². The van der Waals surface area contributed by atoms with Gasteiger partial charge in [0.2, 0.25) is 5.95 Å². The highest BCUT2D eigenvalue weighted by Gasteiger charge is 2.27. The van der Waals surface area contributed by atoms with Crippen LogP contribution >= 0.6 is 0 Å².